The van der Waals surface area contributed by atoms with Crippen LogP contribution in [0.2, 0.25) is 5.02 Å². The topological polar surface area (TPSA) is 37.5 Å². The largest absolute Gasteiger partial charge is 0.411 e. The Balaban J connectivity index is 0.00000162. The van der Waals surface area contributed by atoms with Gasteiger partial charge in [0.15, 0.2) is 0 Å². The minimum Gasteiger partial charge on any atom is -0.411 e. The van der Waals surface area contributed by atoms with Gasteiger partial charge in [-0.15, -0.1) is 12.4 Å². The quantitative estimate of drug-likeness (QED) is 0.506. The van der Waals surface area contributed by atoms with E-state index in [1.807, 2.05) is 44.2 Å². The predicted molar refractivity (Wildman–Crippen MR) is 76.9 cm³/mol. The summed E-state index contributed by atoms with van der Waals surface area (Å²) in [6, 6.07) is 9.62. The van der Waals surface area contributed by atoms with Crippen LogP contribution >= 0.6 is 24.0 Å². The molecule has 3 nitrogen and oxygen atoms in total. The standard InChI is InChI=1S/C13H13ClN2O.ClH/c1-9-6-11(8-15-17)10(2)16(9)13-5-3-4-12(14)7-13;/h3-8,17H,1-2H3;1H/b15-8+;. The van der Waals surface area contributed by atoms with Gasteiger partial charge in [0.25, 0.3) is 0 Å². The molecule has 0 saturated carbocycles. The molecule has 2 rings (SSSR count). The molecule has 1 heterocycles. The summed E-state index contributed by atoms with van der Waals surface area (Å²) in [5.41, 5.74) is 3.98. The minimum atomic E-state index is 0. The molecule has 0 aliphatic rings. The van der Waals surface area contributed by atoms with Crippen molar-refractivity contribution in [3.63, 3.8) is 0 Å². The third-order valence-electron chi connectivity index (χ3n) is 2.73. The number of oxime groups is 1. The van der Waals surface area contributed by atoms with E-state index in [-0.39, 0.29) is 12.4 Å². The van der Waals surface area contributed by atoms with Gasteiger partial charge in [-0.3, -0.25) is 0 Å². The zero-order chi connectivity index (χ0) is 12.4. The van der Waals surface area contributed by atoms with E-state index in [1.54, 1.807) is 0 Å². The number of rotatable bonds is 2. The number of hydrogen-bond donors (Lipinski definition) is 1. The van der Waals surface area contributed by atoms with Gasteiger partial charge in [-0.2, -0.15) is 0 Å². The van der Waals surface area contributed by atoms with E-state index in [1.165, 1.54) is 6.21 Å². The van der Waals surface area contributed by atoms with Crippen LogP contribution < -0.4 is 0 Å². The number of aryl methyl sites for hydroxylation is 1. The molecule has 0 saturated heterocycles. The molecule has 1 N–H and O–H groups in total. The molecule has 0 bridgehead atoms. The third-order valence-corrected chi connectivity index (χ3v) is 2.97. The van der Waals surface area contributed by atoms with Crippen LogP contribution in [0.3, 0.4) is 0 Å². The fourth-order valence-electron chi connectivity index (χ4n) is 1.99. The van der Waals surface area contributed by atoms with Crippen LogP contribution in [0, 0.1) is 13.8 Å². The van der Waals surface area contributed by atoms with Crippen molar-refractivity contribution in [2.45, 2.75) is 13.8 Å². The Morgan fingerprint density at radius 3 is 2.61 bits per heavy atom. The molecule has 96 valence electrons. The molecular weight excluding hydrogens is 271 g/mol. The Hall–Kier alpha value is -1.45. The van der Waals surface area contributed by atoms with E-state index in [9.17, 15) is 0 Å². The maximum absolute atomic E-state index is 8.60. The van der Waals surface area contributed by atoms with E-state index >= 15 is 0 Å². The minimum absolute atomic E-state index is 0. The lowest BCUT2D eigenvalue weighted by Crippen LogP contribution is -1.99. The first-order chi connectivity index (χ1) is 8.13. The van der Waals surface area contributed by atoms with E-state index in [4.69, 9.17) is 16.8 Å². The van der Waals surface area contributed by atoms with Gasteiger partial charge >= 0.3 is 0 Å². The van der Waals surface area contributed by atoms with Crippen LogP contribution in [0.1, 0.15) is 17.0 Å². The Labute approximate surface area is 117 Å². The van der Waals surface area contributed by atoms with Crippen molar-refractivity contribution in [2.75, 3.05) is 0 Å². The summed E-state index contributed by atoms with van der Waals surface area (Å²) < 4.78 is 2.07. The zero-order valence-electron chi connectivity index (χ0n) is 10.1. The first-order valence-corrected chi connectivity index (χ1v) is 5.63. The number of nitrogens with zero attached hydrogens (tertiary/aromatic N) is 2. The first kappa shape index (κ1) is 14.6. The summed E-state index contributed by atoms with van der Waals surface area (Å²) in [6.45, 7) is 3.98. The van der Waals surface area contributed by atoms with Gasteiger partial charge in [0.2, 0.25) is 0 Å². The van der Waals surface area contributed by atoms with Crippen LogP contribution in [0.4, 0.5) is 0 Å². The number of benzene rings is 1. The van der Waals surface area contributed by atoms with Crippen molar-refractivity contribution in [3.05, 3.63) is 52.3 Å². The highest BCUT2D eigenvalue weighted by molar-refractivity contribution is 6.30. The summed E-state index contributed by atoms with van der Waals surface area (Å²) >= 11 is 5.99. The number of aromatic nitrogens is 1. The van der Waals surface area contributed by atoms with Crippen LogP contribution in [0.25, 0.3) is 5.69 Å². The molecule has 18 heavy (non-hydrogen) atoms. The molecule has 5 heteroatoms. The summed E-state index contributed by atoms with van der Waals surface area (Å²) in [5.74, 6) is 0. The lowest BCUT2D eigenvalue weighted by Gasteiger charge is -2.09. The van der Waals surface area contributed by atoms with E-state index in [2.05, 4.69) is 9.72 Å². The SMILES string of the molecule is Cc1cc(/C=N/O)c(C)n1-c1cccc(Cl)c1.Cl. The number of halogens is 2. The average molecular weight is 285 g/mol. The molecule has 0 aliphatic carbocycles. The van der Waals surface area contributed by atoms with Crippen molar-refractivity contribution in [1.82, 2.24) is 4.57 Å². The summed E-state index contributed by atoms with van der Waals surface area (Å²) in [6.07, 6.45) is 1.43. The molecule has 2 aromatic rings. The third kappa shape index (κ3) is 2.68. The van der Waals surface area contributed by atoms with Crippen LogP contribution in [-0.4, -0.2) is 16.0 Å². The van der Waals surface area contributed by atoms with Crippen molar-refractivity contribution in [2.24, 2.45) is 5.16 Å². The van der Waals surface area contributed by atoms with E-state index in [0.29, 0.717) is 5.02 Å². The molecule has 0 atom stereocenters. The van der Waals surface area contributed by atoms with Crippen molar-refractivity contribution < 1.29 is 5.21 Å². The van der Waals surface area contributed by atoms with Crippen LogP contribution in [-0.2, 0) is 0 Å². The lowest BCUT2D eigenvalue weighted by molar-refractivity contribution is 0.322. The molecule has 0 unspecified atom stereocenters. The van der Waals surface area contributed by atoms with Gasteiger partial charge in [-0.1, -0.05) is 22.8 Å². The molecule has 0 fully saturated rings. The Bertz CT molecular complexity index is 576. The molecule has 0 radical (unpaired) electrons. The summed E-state index contributed by atoms with van der Waals surface area (Å²) in [5, 5.41) is 12.4. The maximum atomic E-state index is 8.60. The highest BCUT2D eigenvalue weighted by Gasteiger charge is 2.09. The molecule has 1 aromatic heterocycles. The summed E-state index contributed by atoms with van der Waals surface area (Å²) in [7, 11) is 0. The van der Waals surface area contributed by atoms with Crippen molar-refractivity contribution in [3.8, 4) is 5.69 Å². The van der Waals surface area contributed by atoms with E-state index < -0.39 is 0 Å². The van der Waals surface area contributed by atoms with Crippen LogP contribution in [0.15, 0.2) is 35.5 Å². The average Bonchev–Trinajstić information content (AvgIpc) is 2.55. The van der Waals surface area contributed by atoms with Gasteiger partial charge in [-0.25, -0.2) is 0 Å². The Kier molecular flexibility index (Phi) is 4.82. The highest BCUT2D eigenvalue weighted by Crippen LogP contribution is 2.22. The molecule has 0 amide bonds. The normalized spacial score (nSPS) is 10.6. The summed E-state index contributed by atoms with van der Waals surface area (Å²) in [4.78, 5) is 0. The zero-order valence-corrected chi connectivity index (χ0v) is 11.7. The van der Waals surface area contributed by atoms with Crippen molar-refractivity contribution >= 4 is 30.2 Å². The van der Waals surface area contributed by atoms with Crippen LogP contribution in [0.5, 0.6) is 0 Å². The molecule has 1 aromatic carbocycles. The van der Waals surface area contributed by atoms with Gasteiger partial charge in [0.05, 0.1) is 6.21 Å². The van der Waals surface area contributed by atoms with Gasteiger partial charge in [0.1, 0.15) is 0 Å². The maximum Gasteiger partial charge on any atom is 0.0752 e. The Morgan fingerprint density at radius 2 is 2.00 bits per heavy atom. The lowest BCUT2D eigenvalue weighted by atomic mass is 10.2. The predicted octanol–water partition coefficient (Wildman–Crippen LogP) is 3.98. The fourth-order valence-corrected chi connectivity index (χ4v) is 2.18. The second-order valence-electron chi connectivity index (χ2n) is 3.89. The van der Waals surface area contributed by atoms with Crippen molar-refractivity contribution in [1.29, 1.82) is 0 Å². The first-order valence-electron chi connectivity index (χ1n) is 5.26. The molecule has 0 aliphatic heterocycles. The second-order valence-corrected chi connectivity index (χ2v) is 4.32. The number of hydrogen-bond acceptors (Lipinski definition) is 2. The fraction of sp³-hybridized carbons (Fsp3) is 0.154. The molecule has 0 spiro atoms. The Morgan fingerprint density at radius 1 is 1.28 bits per heavy atom. The van der Waals surface area contributed by atoms with Gasteiger partial charge < -0.3 is 9.77 Å². The monoisotopic (exact) mass is 284 g/mol. The van der Waals surface area contributed by atoms with Gasteiger partial charge in [-0.05, 0) is 38.1 Å². The van der Waals surface area contributed by atoms with E-state index in [0.717, 1.165) is 22.6 Å². The second kappa shape index (κ2) is 5.94. The smallest absolute Gasteiger partial charge is 0.0752 e. The molecular formula is C13H14Cl2N2O. The highest BCUT2D eigenvalue weighted by atomic mass is 35.5. The van der Waals surface area contributed by atoms with Gasteiger partial charge in [0, 0.05) is 27.7 Å².